The first-order valence-electron chi connectivity index (χ1n) is 10.7. The molecule has 2 aliphatic heterocycles. The molecule has 2 heterocycles. The summed E-state index contributed by atoms with van der Waals surface area (Å²) in [5.74, 6) is -2.04. The Bertz CT molecular complexity index is 1180. The molecule has 0 aromatic heterocycles. The quantitative estimate of drug-likeness (QED) is 0.548. The summed E-state index contributed by atoms with van der Waals surface area (Å²) >= 11 is 0. The number of carbonyl (C=O) groups excluding carboxylic acids is 1. The molecule has 2 aliphatic rings. The predicted octanol–water partition coefficient (Wildman–Crippen LogP) is 2.44. The molecule has 0 radical (unpaired) electrons. The van der Waals surface area contributed by atoms with Gasteiger partial charge < -0.3 is 18.9 Å². The lowest BCUT2D eigenvalue weighted by molar-refractivity contribution is -0.216. The summed E-state index contributed by atoms with van der Waals surface area (Å²) in [6.45, 7) is 2.94. The standard InChI is InChI=1S/C24H26N2O7S/c1-23(2)32-20-22(33-23)31-19(14-30-21(27)18-12-8-5-9-13-18)24(20,16-25)26(3)34(28,29)15-17-10-6-4-7-11-17/h4-13,19-20,22H,14-15H2,1-3H3/t19-,20+,22-,24-/m1/s1. The fourth-order valence-corrected chi connectivity index (χ4v) is 5.78. The van der Waals surface area contributed by atoms with Gasteiger partial charge in [0.25, 0.3) is 0 Å². The fourth-order valence-electron chi connectivity index (χ4n) is 4.25. The number of likely N-dealkylation sites (N-methyl/N-ethyl adjacent to an activating group) is 1. The number of hydrogen-bond donors (Lipinski definition) is 0. The third-order valence-corrected chi connectivity index (χ3v) is 7.80. The lowest BCUT2D eigenvalue weighted by Gasteiger charge is -2.38. The summed E-state index contributed by atoms with van der Waals surface area (Å²) in [7, 11) is -2.70. The molecule has 0 bridgehead atoms. The van der Waals surface area contributed by atoms with Crippen LogP contribution in [-0.4, -0.2) is 62.2 Å². The van der Waals surface area contributed by atoms with E-state index in [2.05, 4.69) is 6.07 Å². The molecular weight excluding hydrogens is 460 g/mol. The molecule has 0 aliphatic carbocycles. The Morgan fingerprint density at radius 3 is 2.32 bits per heavy atom. The zero-order valence-electron chi connectivity index (χ0n) is 19.1. The van der Waals surface area contributed by atoms with Gasteiger partial charge in [-0.15, -0.1) is 0 Å². The topological polar surface area (TPSA) is 115 Å². The van der Waals surface area contributed by atoms with Crippen LogP contribution in [-0.2, 0) is 34.7 Å². The maximum absolute atomic E-state index is 13.4. The molecular formula is C24H26N2O7S. The first kappa shape index (κ1) is 24.3. The van der Waals surface area contributed by atoms with Crippen LogP contribution in [0.1, 0.15) is 29.8 Å². The van der Waals surface area contributed by atoms with E-state index < -0.39 is 45.8 Å². The van der Waals surface area contributed by atoms with E-state index in [0.29, 0.717) is 11.1 Å². The van der Waals surface area contributed by atoms with Crippen molar-refractivity contribution in [3.05, 3.63) is 71.8 Å². The number of benzene rings is 2. The number of esters is 1. The van der Waals surface area contributed by atoms with E-state index in [9.17, 15) is 18.5 Å². The van der Waals surface area contributed by atoms with Crippen molar-refractivity contribution in [2.75, 3.05) is 13.7 Å². The molecule has 4 atom stereocenters. The Morgan fingerprint density at radius 1 is 1.09 bits per heavy atom. The number of nitrogens with zero attached hydrogens (tertiary/aromatic N) is 2. The van der Waals surface area contributed by atoms with Gasteiger partial charge in [-0.25, -0.2) is 13.2 Å². The Labute approximate surface area is 198 Å². The molecule has 9 nitrogen and oxygen atoms in total. The van der Waals surface area contributed by atoms with E-state index in [-0.39, 0.29) is 12.4 Å². The van der Waals surface area contributed by atoms with Crippen molar-refractivity contribution in [2.45, 2.75) is 49.4 Å². The molecule has 10 heteroatoms. The number of nitriles is 1. The maximum Gasteiger partial charge on any atom is 0.338 e. The molecule has 0 saturated carbocycles. The zero-order valence-corrected chi connectivity index (χ0v) is 19.9. The van der Waals surface area contributed by atoms with Crippen LogP contribution in [0.15, 0.2) is 60.7 Å². The summed E-state index contributed by atoms with van der Waals surface area (Å²) in [5, 5.41) is 10.4. The van der Waals surface area contributed by atoms with E-state index in [1.807, 2.05) is 0 Å². The second-order valence-corrected chi connectivity index (χ2v) is 10.7. The average Bonchev–Trinajstić information content (AvgIpc) is 3.27. The van der Waals surface area contributed by atoms with Crippen LogP contribution in [0.2, 0.25) is 0 Å². The number of rotatable bonds is 7. The number of carbonyl (C=O) groups is 1. The zero-order chi connectivity index (χ0) is 24.6. The minimum atomic E-state index is -4.01. The Balaban J connectivity index is 1.64. The highest BCUT2D eigenvalue weighted by Gasteiger charge is 2.68. The first-order valence-corrected chi connectivity index (χ1v) is 12.4. The van der Waals surface area contributed by atoms with Crippen molar-refractivity contribution in [1.29, 1.82) is 5.26 Å². The minimum Gasteiger partial charge on any atom is -0.459 e. The molecule has 0 amide bonds. The predicted molar refractivity (Wildman–Crippen MR) is 121 cm³/mol. The van der Waals surface area contributed by atoms with Crippen molar-refractivity contribution in [2.24, 2.45) is 0 Å². The number of fused-ring (bicyclic) bond motifs is 1. The molecule has 2 fully saturated rings. The van der Waals surface area contributed by atoms with Crippen LogP contribution in [0.3, 0.4) is 0 Å². The number of ether oxygens (including phenoxy) is 4. The van der Waals surface area contributed by atoms with Gasteiger partial charge in [0.1, 0.15) is 18.8 Å². The summed E-state index contributed by atoms with van der Waals surface area (Å²) in [6, 6.07) is 19.1. The molecule has 0 spiro atoms. The normalized spacial score (nSPS) is 27.8. The summed E-state index contributed by atoms with van der Waals surface area (Å²) in [4.78, 5) is 12.5. The van der Waals surface area contributed by atoms with Crippen molar-refractivity contribution < 1.29 is 32.2 Å². The van der Waals surface area contributed by atoms with Crippen molar-refractivity contribution >= 4 is 16.0 Å². The van der Waals surface area contributed by atoms with Gasteiger partial charge in [-0.05, 0) is 31.5 Å². The third kappa shape index (κ3) is 4.45. The summed E-state index contributed by atoms with van der Waals surface area (Å²) < 4.78 is 50.9. The second kappa shape index (κ2) is 9.09. The lowest BCUT2D eigenvalue weighted by atomic mass is 9.90. The first-order chi connectivity index (χ1) is 16.1. The van der Waals surface area contributed by atoms with Crippen molar-refractivity contribution in [3.63, 3.8) is 0 Å². The maximum atomic E-state index is 13.4. The van der Waals surface area contributed by atoms with E-state index >= 15 is 0 Å². The molecule has 2 aromatic rings. The van der Waals surface area contributed by atoms with Crippen LogP contribution in [0.25, 0.3) is 0 Å². The van der Waals surface area contributed by atoms with Gasteiger partial charge >= 0.3 is 5.97 Å². The highest BCUT2D eigenvalue weighted by molar-refractivity contribution is 7.88. The Kier molecular flexibility index (Phi) is 6.50. The van der Waals surface area contributed by atoms with Gasteiger partial charge in [-0.3, -0.25) is 0 Å². The smallest absolute Gasteiger partial charge is 0.338 e. The number of sulfonamides is 1. The second-order valence-electron chi connectivity index (χ2n) is 8.66. The van der Waals surface area contributed by atoms with Crippen molar-refractivity contribution in [3.8, 4) is 6.07 Å². The van der Waals surface area contributed by atoms with Crippen molar-refractivity contribution in [1.82, 2.24) is 4.31 Å². The van der Waals surface area contributed by atoms with Crippen LogP contribution >= 0.6 is 0 Å². The van der Waals surface area contributed by atoms with E-state index in [0.717, 1.165) is 4.31 Å². The SMILES string of the molecule is CN([C@]1(C#N)[C@@H](COC(=O)c2ccccc2)O[C@@H]2OC(C)(C)O[C@@H]21)S(=O)(=O)Cc1ccccc1. The molecule has 2 saturated heterocycles. The van der Waals surface area contributed by atoms with E-state index in [4.69, 9.17) is 18.9 Å². The molecule has 0 N–H and O–H groups in total. The van der Waals surface area contributed by atoms with Gasteiger partial charge in [0, 0.05) is 7.05 Å². The van der Waals surface area contributed by atoms with E-state index in [1.165, 1.54) is 7.05 Å². The van der Waals surface area contributed by atoms with Gasteiger partial charge in [-0.1, -0.05) is 48.5 Å². The van der Waals surface area contributed by atoms with Crippen LogP contribution in [0.4, 0.5) is 0 Å². The molecule has 2 aromatic carbocycles. The lowest BCUT2D eigenvalue weighted by Crippen LogP contribution is -2.62. The van der Waals surface area contributed by atoms with Gasteiger partial charge in [-0.2, -0.15) is 9.57 Å². The molecule has 4 rings (SSSR count). The third-order valence-electron chi connectivity index (χ3n) is 5.97. The fraction of sp³-hybridized carbons (Fsp3) is 0.417. The van der Waals surface area contributed by atoms with Crippen LogP contribution in [0.5, 0.6) is 0 Å². The largest absolute Gasteiger partial charge is 0.459 e. The van der Waals surface area contributed by atoms with Crippen LogP contribution in [0, 0.1) is 11.3 Å². The Hall–Kier alpha value is -2.81. The average molecular weight is 487 g/mol. The van der Waals surface area contributed by atoms with Gasteiger partial charge in [0.15, 0.2) is 17.6 Å². The summed E-state index contributed by atoms with van der Waals surface area (Å²) in [5.41, 5.74) is -0.945. The van der Waals surface area contributed by atoms with Gasteiger partial charge in [0.2, 0.25) is 10.0 Å². The summed E-state index contributed by atoms with van der Waals surface area (Å²) in [6.07, 6.45) is -3.21. The highest BCUT2D eigenvalue weighted by atomic mass is 32.2. The molecule has 0 unspecified atom stereocenters. The molecule has 180 valence electrons. The molecule has 34 heavy (non-hydrogen) atoms. The Morgan fingerprint density at radius 2 is 1.71 bits per heavy atom. The minimum absolute atomic E-state index is 0.321. The highest BCUT2D eigenvalue weighted by Crippen LogP contribution is 2.46. The van der Waals surface area contributed by atoms with Crippen LogP contribution < -0.4 is 0 Å². The van der Waals surface area contributed by atoms with Gasteiger partial charge in [0.05, 0.1) is 17.4 Å². The number of hydrogen-bond acceptors (Lipinski definition) is 8. The monoisotopic (exact) mass is 486 g/mol. The van der Waals surface area contributed by atoms with E-state index in [1.54, 1.807) is 74.5 Å².